The highest BCUT2D eigenvalue weighted by atomic mass is 16.2. The Balaban J connectivity index is 2.86. The lowest BCUT2D eigenvalue weighted by atomic mass is 10.1. The van der Waals surface area contributed by atoms with Crippen molar-refractivity contribution < 1.29 is 9.59 Å². The van der Waals surface area contributed by atoms with E-state index in [2.05, 4.69) is 10.3 Å². The van der Waals surface area contributed by atoms with Crippen LogP contribution in [0.2, 0.25) is 0 Å². The molecule has 0 bridgehead atoms. The van der Waals surface area contributed by atoms with Crippen molar-refractivity contribution in [3.05, 3.63) is 23.5 Å². The third-order valence-electron chi connectivity index (χ3n) is 2.79. The average Bonchev–Trinajstić information content (AvgIpc) is 2.37. The van der Waals surface area contributed by atoms with Crippen molar-refractivity contribution in [3.8, 4) is 0 Å². The lowest BCUT2D eigenvalue weighted by molar-refractivity contribution is -0.122. The lowest BCUT2D eigenvalue weighted by Gasteiger charge is -2.22. The van der Waals surface area contributed by atoms with Crippen molar-refractivity contribution in [2.24, 2.45) is 0 Å². The van der Waals surface area contributed by atoms with Gasteiger partial charge in [-0.3, -0.25) is 14.6 Å². The molecule has 1 aromatic rings. The first-order chi connectivity index (χ1) is 9.35. The fourth-order valence-electron chi connectivity index (χ4n) is 1.80. The van der Waals surface area contributed by atoms with Crippen LogP contribution in [0, 0.1) is 6.92 Å². The number of nitrogens with two attached hydrogens (primary N) is 1. The van der Waals surface area contributed by atoms with Gasteiger partial charge in [-0.2, -0.15) is 0 Å². The van der Waals surface area contributed by atoms with Crippen LogP contribution in [0.3, 0.4) is 0 Å². The smallest absolute Gasteiger partial charge is 0.256 e. The van der Waals surface area contributed by atoms with E-state index in [0.717, 1.165) is 0 Å². The number of carbonyl (C=O) groups excluding carboxylic acids is 2. The number of nitrogens with zero attached hydrogens (tertiary/aromatic N) is 2. The van der Waals surface area contributed by atoms with Crippen LogP contribution in [0.5, 0.6) is 0 Å². The molecule has 0 fully saturated rings. The molecule has 0 aromatic carbocycles. The molecule has 1 heterocycles. The number of rotatable bonds is 5. The van der Waals surface area contributed by atoms with Gasteiger partial charge in [-0.15, -0.1) is 0 Å². The van der Waals surface area contributed by atoms with Crippen molar-refractivity contribution >= 4 is 17.5 Å². The number of nitrogens with one attached hydrogen (secondary N) is 1. The minimum absolute atomic E-state index is 0.0295. The van der Waals surface area contributed by atoms with E-state index in [1.165, 1.54) is 11.1 Å². The largest absolute Gasteiger partial charge is 0.397 e. The average molecular weight is 278 g/mol. The molecular weight excluding hydrogens is 256 g/mol. The Bertz CT molecular complexity index is 500. The Labute approximate surface area is 119 Å². The lowest BCUT2D eigenvalue weighted by Crippen LogP contribution is -2.42. The van der Waals surface area contributed by atoms with Crippen LogP contribution < -0.4 is 11.1 Å². The number of pyridine rings is 1. The molecule has 0 unspecified atom stereocenters. The second kappa shape index (κ2) is 6.88. The molecule has 0 aliphatic rings. The van der Waals surface area contributed by atoms with Gasteiger partial charge < -0.3 is 16.0 Å². The van der Waals surface area contributed by atoms with Crippen molar-refractivity contribution in [2.75, 3.05) is 18.8 Å². The van der Waals surface area contributed by atoms with Gasteiger partial charge in [0.1, 0.15) is 0 Å². The minimum atomic E-state index is -0.233. The number of hydrogen-bond donors (Lipinski definition) is 2. The molecule has 110 valence electrons. The molecule has 20 heavy (non-hydrogen) atoms. The minimum Gasteiger partial charge on any atom is -0.397 e. The van der Waals surface area contributed by atoms with Crippen LogP contribution in [-0.4, -0.2) is 40.8 Å². The number of likely N-dealkylation sites (N-methyl/N-ethyl adjacent to an activating group) is 1. The van der Waals surface area contributed by atoms with E-state index in [9.17, 15) is 9.59 Å². The molecular formula is C14H22N4O2. The SMILES string of the molecule is CCN(CC(=O)NC(C)C)C(=O)c1cc(N)cnc1C. The highest BCUT2D eigenvalue weighted by Gasteiger charge is 2.20. The summed E-state index contributed by atoms with van der Waals surface area (Å²) in [6.07, 6.45) is 1.51. The van der Waals surface area contributed by atoms with Gasteiger partial charge in [0.05, 0.1) is 29.7 Å². The number of amides is 2. The Morgan fingerprint density at radius 2 is 2.10 bits per heavy atom. The fourth-order valence-corrected chi connectivity index (χ4v) is 1.80. The van der Waals surface area contributed by atoms with Crippen LogP contribution in [-0.2, 0) is 4.79 Å². The molecule has 0 spiro atoms. The topological polar surface area (TPSA) is 88.3 Å². The second-order valence-electron chi connectivity index (χ2n) is 4.94. The molecule has 1 rings (SSSR count). The van der Waals surface area contributed by atoms with E-state index in [0.29, 0.717) is 23.5 Å². The van der Waals surface area contributed by atoms with E-state index in [-0.39, 0.29) is 24.4 Å². The second-order valence-corrected chi connectivity index (χ2v) is 4.94. The molecule has 2 amide bonds. The zero-order chi connectivity index (χ0) is 15.3. The molecule has 0 saturated heterocycles. The maximum atomic E-state index is 12.4. The van der Waals surface area contributed by atoms with Crippen LogP contribution in [0.25, 0.3) is 0 Å². The maximum absolute atomic E-state index is 12.4. The normalized spacial score (nSPS) is 10.4. The molecule has 1 aromatic heterocycles. The predicted octanol–water partition coefficient (Wildman–Crippen LogP) is 0.959. The van der Waals surface area contributed by atoms with Crippen molar-refractivity contribution in [2.45, 2.75) is 33.7 Å². The fraction of sp³-hybridized carbons (Fsp3) is 0.500. The van der Waals surface area contributed by atoms with Gasteiger partial charge in [0.2, 0.25) is 5.91 Å². The van der Waals surface area contributed by atoms with Crippen LogP contribution in [0.1, 0.15) is 36.8 Å². The van der Waals surface area contributed by atoms with Crippen molar-refractivity contribution in [3.63, 3.8) is 0 Å². The molecule has 3 N–H and O–H groups in total. The molecule has 0 atom stereocenters. The molecule has 6 nitrogen and oxygen atoms in total. The summed E-state index contributed by atoms with van der Waals surface area (Å²) in [6, 6.07) is 1.64. The van der Waals surface area contributed by atoms with Crippen LogP contribution >= 0.6 is 0 Å². The van der Waals surface area contributed by atoms with E-state index >= 15 is 0 Å². The van der Waals surface area contributed by atoms with Gasteiger partial charge in [-0.25, -0.2) is 0 Å². The van der Waals surface area contributed by atoms with Gasteiger partial charge in [-0.1, -0.05) is 0 Å². The Morgan fingerprint density at radius 3 is 2.65 bits per heavy atom. The zero-order valence-corrected chi connectivity index (χ0v) is 12.4. The number of aryl methyl sites for hydroxylation is 1. The third-order valence-corrected chi connectivity index (χ3v) is 2.79. The zero-order valence-electron chi connectivity index (χ0n) is 12.4. The molecule has 6 heteroatoms. The Morgan fingerprint density at radius 1 is 1.45 bits per heavy atom. The molecule has 0 aliphatic carbocycles. The van der Waals surface area contributed by atoms with Gasteiger partial charge in [0, 0.05) is 12.6 Å². The molecule has 0 saturated carbocycles. The van der Waals surface area contributed by atoms with Crippen molar-refractivity contribution in [1.29, 1.82) is 0 Å². The number of hydrogen-bond acceptors (Lipinski definition) is 4. The molecule has 0 radical (unpaired) electrons. The van der Waals surface area contributed by atoms with Crippen LogP contribution in [0.4, 0.5) is 5.69 Å². The summed E-state index contributed by atoms with van der Waals surface area (Å²) >= 11 is 0. The van der Waals surface area contributed by atoms with E-state index in [4.69, 9.17) is 5.73 Å². The van der Waals surface area contributed by atoms with E-state index in [1.54, 1.807) is 13.0 Å². The van der Waals surface area contributed by atoms with Crippen molar-refractivity contribution in [1.82, 2.24) is 15.2 Å². The third kappa shape index (κ3) is 4.22. The Kier molecular flexibility index (Phi) is 5.49. The highest BCUT2D eigenvalue weighted by molar-refractivity contribution is 5.98. The first kappa shape index (κ1) is 15.9. The maximum Gasteiger partial charge on any atom is 0.256 e. The standard InChI is InChI=1S/C14H22N4O2/c1-5-18(8-13(19)17-9(2)3)14(20)12-6-11(15)7-16-10(12)4/h6-7,9H,5,8,15H2,1-4H3,(H,17,19). The van der Waals surface area contributed by atoms with Gasteiger partial charge in [0.25, 0.3) is 5.91 Å². The van der Waals surface area contributed by atoms with Gasteiger partial charge in [0.15, 0.2) is 0 Å². The molecule has 0 aliphatic heterocycles. The highest BCUT2D eigenvalue weighted by Crippen LogP contribution is 2.12. The van der Waals surface area contributed by atoms with E-state index in [1.807, 2.05) is 20.8 Å². The summed E-state index contributed by atoms with van der Waals surface area (Å²) in [5.41, 5.74) is 7.13. The summed E-state index contributed by atoms with van der Waals surface area (Å²) in [5.74, 6) is -0.409. The first-order valence-electron chi connectivity index (χ1n) is 6.65. The summed E-state index contributed by atoms with van der Waals surface area (Å²) in [6.45, 7) is 7.80. The number of aromatic nitrogens is 1. The van der Waals surface area contributed by atoms with Crippen LogP contribution in [0.15, 0.2) is 12.3 Å². The first-order valence-corrected chi connectivity index (χ1v) is 6.65. The van der Waals surface area contributed by atoms with E-state index < -0.39 is 0 Å². The predicted molar refractivity (Wildman–Crippen MR) is 78.2 cm³/mol. The summed E-state index contributed by atoms with van der Waals surface area (Å²) < 4.78 is 0. The number of anilines is 1. The number of carbonyl (C=O) groups is 2. The summed E-state index contributed by atoms with van der Waals surface area (Å²) in [7, 11) is 0. The summed E-state index contributed by atoms with van der Waals surface area (Å²) in [5, 5.41) is 2.77. The summed E-state index contributed by atoms with van der Waals surface area (Å²) in [4.78, 5) is 29.7. The monoisotopic (exact) mass is 278 g/mol. The number of nitrogen functional groups attached to an aromatic ring is 1. The Hall–Kier alpha value is -2.11. The van der Waals surface area contributed by atoms with Gasteiger partial charge >= 0.3 is 0 Å². The van der Waals surface area contributed by atoms with Gasteiger partial charge in [-0.05, 0) is 33.8 Å². The quantitative estimate of drug-likeness (QED) is 0.839.